The third-order valence-electron chi connectivity index (χ3n) is 5.68. The summed E-state index contributed by atoms with van der Waals surface area (Å²) in [5.74, 6) is -0.536. The van der Waals surface area contributed by atoms with Crippen molar-refractivity contribution in [3.8, 4) is 0 Å². The van der Waals surface area contributed by atoms with E-state index in [2.05, 4.69) is 5.32 Å². The van der Waals surface area contributed by atoms with Crippen molar-refractivity contribution in [2.75, 3.05) is 42.6 Å². The van der Waals surface area contributed by atoms with Crippen LogP contribution in [0.5, 0.6) is 0 Å². The van der Waals surface area contributed by atoms with Gasteiger partial charge in [-0.15, -0.1) is 0 Å². The second kappa shape index (κ2) is 6.99. The van der Waals surface area contributed by atoms with Crippen molar-refractivity contribution in [1.82, 2.24) is 5.32 Å². The highest BCUT2D eigenvalue weighted by Crippen LogP contribution is 2.38. The van der Waals surface area contributed by atoms with Crippen LogP contribution in [-0.2, 0) is 14.3 Å². The molecule has 0 radical (unpaired) electrons. The average Bonchev–Trinajstić information content (AvgIpc) is 2.99. The largest absolute Gasteiger partial charge is 0.442 e. The summed E-state index contributed by atoms with van der Waals surface area (Å²) < 4.78 is 25.7. The molecule has 146 valence electrons. The van der Waals surface area contributed by atoms with Gasteiger partial charge in [0.15, 0.2) is 0 Å². The molecule has 8 heteroatoms. The maximum atomic E-state index is 14.7. The highest BCUT2D eigenvalue weighted by atomic mass is 19.1. The van der Waals surface area contributed by atoms with Gasteiger partial charge in [0.25, 0.3) is 0 Å². The van der Waals surface area contributed by atoms with Crippen molar-refractivity contribution >= 4 is 23.4 Å². The summed E-state index contributed by atoms with van der Waals surface area (Å²) in [7, 11) is 0. The molecule has 1 N–H and O–H groups in total. The van der Waals surface area contributed by atoms with E-state index in [1.165, 1.54) is 17.9 Å². The number of benzene rings is 1. The summed E-state index contributed by atoms with van der Waals surface area (Å²) in [5.41, 5.74) is 1.03. The van der Waals surface area contributed by atoms with E-state index < -0.39 is 12.2 Å². The Bertz CT molecular complexity index is 742. The lowest BCUT2D eigenvalue weighted by atomic mass is 9.84. The second-order valence-electron chi connectivity index (χ2n) is 7.46. The topological polar surface area (TPSA) is 71.1 Å². The molecule has 0 aliphatic carbocycles. The van der Waals surface area contributed by atoms with E-state index in [1.807, 2.05) is 4.90 Å². The van der Waals surface area contributed by atoms with Crippen molar-refractivity contribution < 1.29 is 23.5 Å². The lowest BCUT2D eigenvalue weighted by Gasteiger charge is -2.48. The lowest BCUT2D eigenvalue weighted by Crippen LogP contribution is -2.52. The van der Waals surface area contributed by atoms with Gasteiger partial charge in [0.2, 0.25) is 5.91 Å². The first-order chi connectivity index (χ1) is 13.0. The van der Waals surface area contributed by atoms with Crippen molar-refractivity contribution in [1.29, 1.82) is 0 Å². The molecule has 3 aliphatic heterocycles. The summed E-state index contributed by atoms with van der Waals surface area (Å²) in [5, 5.41) is 2.63. The minimum atomic E-state index is -0.528. The molecule has 0 bridgehead atoms. The SMILES string of the molecule is CC(=O)NCC1CN(c2ccc(N3CCC4(CCO4)CC3)c(F)c2)C(=O)O1. The highest BCUT2D eigenvalue weighted by Gasteiger charge is 2.41. The molecule has 1 atom stereocenters. The van der Waals surface area contributed by atoms with Gasteiger partial charge in [-0.2, -0.15) is 0 Å². The predicted octanol–water partition coefficient (Wildman–Crippen LogP) is 2.05. The first-order valence-corrected chi connectivity index (χ1v) is 9.37. The van der Waals surface area contributed by atoms with Crippen molar-refractivity contribution in [2.24, 2.45) is 0 Å². The van der Waals surface area contributed by atoms with Crippen LogP contribution in [0.3, 0.4) is 0 Å². The van der Waals surface area contributed by atoms with Gasteiger partial charge >= 0.3 is 6.09 Å². The van der Waals surface area contributed by atoms with E-state index in [4.69, 9.17) is 9.47 Å². The van der Waals surface area contributed by atoms with Crippen LogP contribution < -0.4 is 15.1 Å². The Hall–Kier alpha value is -2.35. The van der Waals surface area contributed by atoms with Gasteiger partial charge in [-0.25, -0.2) is 9.18 Å². The smallest absolute Gasteiger partial charge is 0.414 e. The van der Waals surface area contributed by atoms with Crippen molar-refractivity contribution in [3.05, 3.63) is 24.0 Å². The quantitative estimate of drug-likeness (QED) is 0.870. The van der Waals surface area contributed by atoms with Gasteiger partial charge in [-0.3, -0.25) is 9.69 Å². The van der Waals surface area contributed by atoms with E-state index >= 15 is 0 Å². The number of nitrogens with one attached hydrogen (secondary N) is 1. The summed E-state index contributed by atoms with van der Waals surface area (Å²) in [6.07, 6.45) is 1.96. The monoisotopic (exact) mass is 377 g/mol. The number of cyclic esters (lactones) is 1. The van der Waals surface area contributed by atoms with Crippen LogP contribution in [0.2, 0.25) is 0 Å². The molecular formula is C19H24FN3O4. The number of halogens is 1. The zero-order valence-electron chi connectivity index (χ0n) is 15.4. The number of ether oxygens (including phenoxy) is 2. The summed E-state index contributed by atoms with van der Waals surface area (Å²) in [4.78, 5) is 26.5. The van der Waals surface area contributed by atoms with E-state index in [1.54, 1.807) is 12.1 Å². The maximum absolute atomic E-state index is 14.7. The molecule has 3 aliphatic rings. The first-order valence-electron chi connectivity index (χ1n) is 9.37. The van der Waals surface area contributed by atoms with E-state index in [-0.39, 0.29) is 30.4 Å². The van der Waals surface area contributed by atoms with E-state index in [0.717, 1.165) is 39.0 Å². The Morgan fingerprint density at radius 3 is 2.67 bits per heavy atom. The molecule has 1 unspecified atom stereocenters. The number of hydrogen-bond donors (Lipinski definition) is 1. The lowest BCUT2D eigenvalue weighted by molar-refractivity contribution is -0.158. The normalized spacial score (nSPS) is 23.9. The Balaban J connectivity index is 1.41. The maximum Gasteiger partial charge on any atom is 0.414 e. The fraction of sp³-hybridized carbons (Fsp3) is 0.579. The van der Waals surface area contributed by atoms with Gasteiger partial charge in [0.05, 0.1) is 36.7 Å². The summed E-state index contributed by atoms with van der Waals surface area (Å²) in [6, 6.07) is 4.84. The third-order valence-corrected chi connectivity index (χ3v) is 5.68. The number of hydrogen-bond acceptors (Lipinski definition) is 5. The fourth-order valence-corrected chi connectivity index (χ4v) is 3.96. The van der Waals surface area contributed by atoms with Crippen LogP contribution in [0.15, 0.2) is 18.2 Å². The standard InChI is InChI=1S/C19H24FN3O4/c1-13(24)21-11-15-12-23(18(25)27-15)14-2-3-17(16(20)10-14)22-7-4-19(5-8-22)6-9-26-19/h2-3,10,15H,4-9,11-12H2,1H3,(H,21,24). The Morgan fingerprint density at radius 1 is 1.33 bits per heavy atom. The van der Waals surface area contributed by atoms with Gasteiger partial charge < -0.3 is 19.7 Å². The number of carbonyl (C=O) groups excluding carboxylic acids is 2. The van der Waals surface area contributed by atoms with Gasteiger partial charge in [-0.05, 0) is 37.5 Å². The minimum Gasteiger partial charge on any atom is -0.442 e. The Labute approximate surface area is 157 Å². The molecule has 27 heavy (non-hydrogen) atoms. The number of nitrogens with zero attached hydrogens (tertiary/aromatic N) is 2. The third kappa shape index (κ3) is 3.58. The zero-order chi connectivity index (χ0) is 19.0. The Morgan fingerprint density at radius 2 is 2.07 bits per heavy atom. The molecule has 0 saturated carbocycles. The van der Waals surface area contributed by atoms with Gasteiger partial charge in [0.1, 0.15) is 11.9 Å². The summed E-state index contributed by atoms with van der Waals surface area (Å²) in [6.45, 7) is 4.29. The van der Waals surface area contributed by atoms with Crippen LogP contribution in [0.25, 0.3) is 0 Å². The number of piperidine rings is 1. The fourth-order valence-electron chi connectivity index (χ4n) is 3.96. The Kier molecular flexibility index (Phi) is 4.67. The van der Waals surface area contributed by atoms with Crippen molar-refractivity contribution in [2.45, 2.75) is 37.9 Å². The molecule has 0 aromatic heterocycles. The second-order valence-corrected chi connectivity index (χ2v) is 7.46. The minimum absolute atomic E-state index is 0.0230. The molecule has 7 nitrogen and oxygen atoms in total. The molecule has 1 aromatic carbocycles. The molecule has 3 saturated heterocycles. The van der Waals surface area contributed by atoms with Crippen LogP contribution >= 0.6 is 0 Å². The molecule has 1 spiro atoms. The van der Waals surface area contributed by atoms with E-state index in [0.29, 0.717) is 11.4 Å². The molecule has 4 rings (SSSR count). The number of amides is 2. The molecule has 3 heterocycles. The van der Waals surface area contributed by atoms with Crippen LogP contribution in [-0.4, -0.2) is 56.5 Å². The van der Waals surface area contributed by atoms with E-state index in [9.17, 15) is 14.0 Å². The first kappa shape index (κ1) is 18.0. The van der Waals surface area contributed by atoms with Gasteiger partial charge in [0, 0.05) is 20.0 Å². The van der Waals surface area contributed by atoms with Crippen molar-refractivity contribution in [3.63, 3.8) is 0 Å². The number of rotatable bonds is 4. The van der Waals surface area contributed by atoms with Crippen LogP contribution in [0.4, 0.5) is 20.6 Å². The zero-order valence-corrected chi connectivity index (χ0v) is 15.4. The number of carbonyl (C=O) groups is 2. The number of anilines is 2. The summed E-state index contributed by atoms with van der Waals surface area (Å²) >= 11 is 0. The molecule has 2 amide bonds. The van der Waals surface area contributed by atoms with Crippen LogP contribution in [0.1, 0.15) is 26.2 Å². The average molecular weight is 377 g/mol. The molecule has 3 fully saturated rings. The van der Waals surface area contributed by atoms with Gasteiger partial charge in [-0.1, -0.05) is 0 Å². The van der Waals surface area contributed by atoms with Crippen LogP contribution in [0, 0.1) is 5.82 Å². The molecule has 1 aromatic rings. The molecular weight excluding hydrogens is 353 g/mol. The predicted molar refractivity (Wildman–Crippen MR) is 97.4 cm³/mol. The highest BCUT2D eigenvalue weighted by molar-refractivity contribution is 5.90.